The molecule has 20 heavy (non-hydrogen) atoms. The van der Waals surface area contributed by atoms with Gasteiger partial charge in [0, 0.05) is 38.3 Å². The van der Waals surface area contributed by atoms with Gasteiger partial charge in [-0.3, -0.25) is 9.59 Å². The van der Waals surface area contributed by atoms with Gasteiger partial charge in [0.1, 0.15) is 5.69 Å². The first-order chi connectivity index (χ1) is 9.72. The maximum absolute atomic E-state index is 12.4. The lowest BCUT2D eigenvalue weighted by Crippen LogP contribution is -2.36. The molecule has 5 heteroatoms. The lowest BCUT2D eigenvalue weighted by molar-refractivity contribution is -0.131. The van der Waals surface area contributed by atoms with Gasteiger partial charge in [0.2, 0.25) is 5.91 Å². The van der Waals surface area contributed by atoms with Crippen LogP contribution in [0.15, 0.2) is 18.3 Å². The summed E-state index contributed by atoms with van der Waals surface area (Å²) < 4.78 is 0. The average Bonchev–Trinajstić information content (AvgIpc) is 2.89. The molecule has 0 radical (unpaired) electrons. The summed E-state index contributed by atoms with van der Waals surface area (Å²) in [6, 6.07) is 3.62. The highest BCUT2D eigenvalue weighted by Crippen LogP contribution is 2.36. The summed E-state index contributed by atoms with van der Waals surface area (Å²) in [7, 11) is 0. The van der Waals surface area contributed by atoms with Gasteiger partial charge >= 0.3 is 0 Å². The lowest BCUT2D eigenvalue weighted by atomic mass is 10.0. The Morgan fingerprint density at radius 1 is 1.30 bits per heavy atom. The fourth-order valence-electron chi connectivity index (χ4n) is 3.52. The Balaban J connectivity index is 1.42. The van der Waals surface area contributed by atoms with Gasteiger partial charge < -0.3 is 14.8 Å². The molecule has 3 heterocycles. The van der Waals surface area contributed by atoms with Crippen molar-refractivity contribution in [2.75, 3.05) is 26.2 Å². The van der Waals surface area contributed by atoms with Crippen LogP contribution in [0.2, 0.25) is 0 Å². The highest BCUT2D eigenvalue weighted by atomic mass is 16.2. The van der Waals surface area contributed by atoms with Crippen LogP contribution < -0.4 is 0 Å². The Morgan fingerprint density at radius 2 is 2.15 bits per heavy atom. The van der Waals surface area contributed by atoms with Crippen molar-refractivity contribution in [2.45, 2.75) is 12.8 Å². The SMILES string of the molecule is O=C(c1ccc[nH]1)N1C[C@H]2CN(CC3CC3)C(=O)[C@H]2C1. The number of aromatic nitrogens is 1. The fourth-order valence-corrected chi connectivity index (χ4v) is 3.52. The van der Waals surface area contributed by atoms with Gasteiger partial charge in [0.15, 0.2) is 0 Å². The van der Waals surface area contributed by atoms with E-state index in [0.717, 1.165) is 25.6 Å². The van der Waals surface area contributed by atoms with Crippen molar-refractivity contribution < 1.29 is 9.59 Å². The molecule has 1 saturated carbocycles. The molecule has 0 spiro atoms. The number of amides is 2. The second-order valence-electron chi connectivity index (χ2n) is 6.35. The molecular weight excluding hydrogens is 254 g/mol. The topological polar surface area (TPSA) is 56.4 Å². The second-order valence-corrected chi connectivity index (χ2v) is 6.35. The zero-order valence-corrected chi connectivity index (χ0v) is 11.4. The third-order valence-corrected chi connectivity index (χ3v) is 4.82. The van der Waals surface area contributed by atoms with E-state index in [1.54, 1.807) is 12.3 Å². The van der Waals surface area contributed by atoms with Gasteiger partial charge in [-0.15, -0.1) is 0 Å². The quantitative estimate of drug-likeness (QED) is 0.891. The number of fused-ring (bicyclic) bond motifs is 1. The largest absolute Gasteiger partial charge is 0.357 e. The maximum atomic E-state index is 12.4. The molecule has 0 bridgehead atoms. The second kappa shape index (κ2) is 4.36. The van der Waals surface area contributed by atoms with Gasteiger partial charge in [-0.25, -0.2) is 0 Å². The predicted octanol–water partition coefficient (Wildman–Crippen LogP) is 0.955. The summed E-state index contributed by atoms with van der Waals surface area (Å²) in [6.45, 7) is 3.09. The van der Waals surface area contributed by atoms with Crippen molar-refractivity contribution in [2.24, 2.45) is 17.8 Å². The minimum atomic E-state index is 0.0194. The van der Waals surface area contributed by atoms with Crippen molar-refractivity contribution in [1.29, 1.82) is 0 Å². The van der Waals surface area contributed by atoms with Crippen molar-refractivity contribution in [1.82, 2.24) is 14.8 Å². The van der Waals surface area contributed by atoms with Crippen LogP contribution in [-0.2, 0) is 4.79 Å². The van der Waals surface area contributed by atoms with Gasteiger partial charge in [-0.1, -0.05) is 0 Å². The lowest BCUT2D eigenvalue weighted by Gasteiger charge is -2.21. The summed E-state index contributed by atoms with van der Waals surface area (Å²) in [6.07, 6.45) is 4.31. The number of nitrogens with one attached hydrogen (secondary N) is 1. The highest BCUT2D eigenvalue weighted by molar-refractivity contribution is 5.93. The minimum Gasteiger partial charge on any atom is -0.357 e. The van der Waals surface area contributed by atoms with Crippen LogP contribution in [-0.4, -0.2) is 52.8 Å². The van der Waals surface area contributed by atoms with Crippen molar-refractivity contribution in [3.63, 3.8) is 0 Å². The molecule has 106 valence electrons. The van der Waals surface area contributed by atoms with Crippen molar-refractivity contribution in [3.05, 3.63) is 24.0 Å². The van der Waals surface area contributed by atoms with E-state index >= 15 is 0 Å². The van der Waals surface area contributed by atoms with E-state index in [1.165, 1.54) is 12.8 Å². The summed E-state index contributed by atoms with van der Waals surface area (Å²) in [4.78, 5) is 31.5. The fraction of sp³-hybridized carbons (Fsp3) is 0.600. The molecule has 2 saturated heterocycles. The van der Waals surface area contributed by atoms with Crippen LogP contribution >= 0.6 is 0 Å². The molecule has 1 aromatic heterocycles. The predicted molar refractivity (Wildman–Crippen MR) is 73.0 cm³/mol. The summed E-state index contributed by atoms with van der Waals surface area (Å²) in [5.74, 6) is 1.40. The van der Waals surface area contributed by atoms with Crippen LogP contribution in [0.1, 0.15) is 23.3 Å². The first kappa shape index (κ1) is 12.0. The number of hydrogen-bond donors (Lipinski definition) is 1. The van der Waals surface area contributed by atoms with E-state index in [2.05, 4.69) is 4.98 Å². The van der Waals surface area contributed by atoms with Gasteiger partial charge in [-0.2, -0.15) is 0 Å². The number of carbonyl (C=O) groups excluding carboxylic acids is 2. The molecule has 2 amide bonds. The monoisotopic (exact) mass is 273 g/mol. The molecule has 0 unspecified atom stereocenters. The number of rotatable bonds is 3. The van der Waals surface area contributed by atoms with Crippen LogP contribution in [0.5, 0.6) is 0 Å². The molecular formula is C15H19N3O2. The molecule has 0 aromatic carbocycles. The van der Waals surface area contributed by atoms with Crippen molar-refractivity contribution >= 4 is 11.8 Å². The number of hydrogen-bond acceptors (Lipinski definition) is 2. The molecule has 2 aliphatic heterocycles. The van der Waals surface area contributed by atoms with Crippen molar-refractivity contribution in [3.8, 4) is 0 Å². The van der Waals surface area contributed by atoms with E-state index in [0.29, 0.717) is 18.2 Å². The third-order valence-electron chi connectivity index (χ3n) is 4.82. The Kier molecular flexibility index (Phi) is 2.62. The molecule has 3 aliphatic rings. The van der Waals surface area contributed by atoms with Gasteiger partial charge in [0.25, 0.3) is 5.91 Å². The number of H-pyrrole nitrogens is 1. The van der Waals surface area contributed by atoms with E-state index in [4.69, 9.17) is 0 Å². The van der Waals surface area contributed by atoms with Gasteiger partial charge in [0.05, 0.1) is 5.92 Å². The molecule has 3 fully saturated rings. The molecule has 1 aliphatic carbocycles. The standard InChI is InChI=1S/C15H19N3O2/c19-14-12-9-18(15(20)13-2-1-5-16-13)8-11(12)7-17(14)6-10-3-4-10/h1-2,5,10-12,16H,3-4,6-9H2/t11-,12+/m1/s1. The molecule has 1 aromatic rings. The minimum absolute atomic E-state index is 0.0194. The molecule has 5 nitrogen and oxygen atoms in total. The van der Waals surface area contributed by atoms with E-state index in [1.807, 2.05) is 15.9 Å². The first-order valence-corrected chi connectivity index (χ1v) is 7.44. The Hall–Kier alpha value is -1.78. The average molecular weight is 273 g/mol. The normalized spacial score (nSPS) is 29.1. The summed E-state index contributed by atoms with van der Waals surface area (Å²) in [5, 5.41) is 0. The summed E-state index contributed by atoms with van der Waals surface area (Å²) >= 11 is 0. The van der Waals surface area contributed by atoms with Crippen LogP contribution in [0.25, 0.3) is 0 Å². The highest BCUT2D eigenvalue weighted by Gasteiger charge is 2.48. The Morgan fingerprint density at radius 3 is 2.80 bits per heavy atom. The smallest absolute Gasteiger partial charge is 0.270 e. The zero-order chi connectivity index (χ0) is 13.7. The van der Waals surface area contributed by atoms with E-state index < -0.39 is 0 Å². The number of aromatic amines is 1. The zero-order valence-electron chi connectivity index (χ0n) is 11.4. The molecule has 2 atom stereocenters. The van der Waals surface area contributed by atoms with Crippen LogP contribution in [0, 0.1) is 17.8 Å². The molecule has 1 N–H and O–H groups in total. The third kappa shape index (κ3) is 1.92. The van der Waals surface area contributed by atoms with Gasteiger partial charge in [-0.05, 0) is 30.9 Å². The Bertz CT molecular complexity index is 535. The van der Waals surface area contributed by atoms with E-state index in [9.17, 15) is 9.59 Å². The van der Waals surface area contributed by atoms with Crippen LogP contribution in [0.3, 0.4) is 0 Å². The summed E-state index contributed by atoms with van der Waals surface area (Å²) in [5.41, 5.74) is 0.618. The first-order valence-electron chi connectivity index (χ1n) is 7.44. The number of nitrogens with zero attached hydrogens (tertiary/aromatic N) is 2. The number of likely N-dealkylation sites (tertiary alicyclic amines) is 2. The van der Waals surface area contributed by atoms with E-state index in [-0.39, 0.29) is 17.7 Å². The molecule has 4 rings (SSSR count). The Labute approximate surface area is 117 Å². The maximum Gasteiger partial charge on any atom is 0.270 e. The number of carbonyl (C=O) groups is 2. The van der Waals surface area contributed by atoms with Crippen LogP contribution in [0.4, 0.5) is 0 Å².